The highest BCUT2D eigenvalue weighted by atomic mass is 32.2. The van der Waals surface area contributed by atoms with Crippen LogP contribution in [0, 0.1) is 5.41 Å². The molecule has 0 radical (unpaired) electrons. The van der Waals surface area contributed by atoms with E-state index in [4.69, 9.17) is 10.7 Å². The highest BCUT2D eigenvalue weighted by Crippen LogP contribution is 2.38. The van der Waals surface area contributed by atoms with Gasteiger partial charge in [0.25, 0.3) is 0 Å². The van der Waals surface area contributed by atoms with Crippen molar-refractivity contribution in [3.63, 3.8) is 0 Å². The predicted octanol–water partition coefficient (Wildman–Crippen LogP) is 3.09. The lowest BCUT2D eigenvalue weighted by Gasteiger charge is -2.34. The maximum absolute atomic E-state index is 6.21. The maximum atomic E-state index is 6.21. The van der Waals surface area contributed by atoms with E-state index in [-0.39, 0.29) is 11.5 Å². The van der Waals surface area contributed by atoms with Gasteiger partial charge in [-0.25, -0.2) is 9.97 Å². The third kappa shape index (κ3) is 3.23. The van der Waals surface area contributed by atoms with E-state index < -0.39 is 0 Å². The fraction of sp³-hybridized carbons (Fsp3) is 0.714. The van der Waals surface area contributed by atoms with E-state index in [1.807, 2.05) is 18.0 Å². The predicted molar refractivity (Wildman–Crippen MR) is 77.5 cm³/mol. The Morgan fingerprint density at radius 3 is 2.89 bits per heavy atom. The Balaban J connectivity index is 2.20. The molecular weight excluding hydrogens is 242 g/mol. The summed E-state index contributed by atoms with van der Waals surface area (Å²) in [6.45, 7) is 8.92. The van der Waals surface area contributed by atoms with Crippen LogP contribution in [0.3, 0.4) is 0 Å². The Morgan fingerprint density at radius 2 is 2.22 bits per heavy atom. The molecule has 18 heavy (non-hydrogen) atoms. The lowest BCUT2D eigenvalue weighted by Crippen LogP contribution is -2.31. The highest BCUT2D eigenvalue weighted by Gasteiger charge is 2.31. The zero-order valence-electron chi connectivity index (χ0n) is 11.7. The maximum Gasteiger partial charge on any atom is 0.138 e. The first-order valence-electron chi connectivity index (χ1n) is 6.59. The zero-order valence-corrected chi connectivity index (χ0v) is 12.5. The second-order valence-electron chi connectivity index (χ2n) is 6.20. The Morgan fingerprint density at radius 1 is 1.50 bits per heavy atom. The highest BCUT2D eigenvalue weighted by molar-refractivity contribution is 7.99. The van der Waals surface area contributed by atoms with Crippen LogP contribution in [0.25, 0.3) is 0 Å². The van der Waals surface area contributed by atoms with Crippen LogP contribution in [-0.2, 0) is 12.2 Å². The first-order valence-corrected chi connectivity index (χ1v) is 7.64. The lowest BCUT2D eigenvalue weighted by atomic mass is 9.74. The van der Waals surface area contributed by atoms with Crippen molar-refractivity contribution in [3.8, 4) is 0 Å². The summed E-state index contributed by atoms with van der Waals surface area (Å²) in [4.78, 5) is 9.17. The summed E-state index contributed by atoms with van der Waals surface area (Å²) in [7, 11) is 0. The average molecular weight is 265 g/mol. The van der Waals surface area contributed by atoms with E-state index >= 15 is 0 Å². The first-order chi connectivity index (χ1) is 8.37. The molecule has 0 fully saturated rings. The van der Waals surface area contributed by atoms with E-state index in [2.05, 4.69) is 32.7 Å². The smallest absolute Gasteiger partial charge is 0.138 e. The summed E-state index contributed by atoms with van der Waals surface area (Å²) in [5, 5.41) is 0.614. The summed E-state index contributed by atoms with van der Waals surface area (Å²) in [5.41, 5.74) is 8.77. The van der Waals surface area contributed by atoms with Crippen molar-refractivity contribution >= 4 is 11.8 Å². The fourth-order valence-electron chi connectivity index (χ4n) is 2.46. The molecular formula is C14H23N3S. The van der Waals surface area contributed by atoms with E-state index in [1.165, 1.54) is 0 Å². The minimum Gasteiger partial charge on any atom is -0.324 e. The van der Waals surface area contributed by atoms with Crippen molar-refractivity contribution in [1.82, 2.24) is 9.97 Å². The molecule has 2 rings (SSSR count). The summed E-state index contributed by atoms with van der Waals surface area (Å²) >= 11 is 1.88. The topological polar surface area (TPSA) is 51.8 Å². The molecule has 0 bridgehead atoms. The van der Waals surface area contributed by atoms with Crippen LogP contribution in [0.5, 0.6) is 0 Å². The number of hydrogen-bond acceptors (Lipinski definition) is 4. The van der Waals surface area contributed by atoms with Crippen molar-refractivity contribution in [2.45, 2.75) is 57.6 Å². The summed E-state index contributed by atoms with van der Waals surface area (Å²) in [6, 6.07) is 0.0931. The number of hydrogen-bond donors (Lipinski definition) is 1. The van der Waals surface area contributed by atoms with Crippen molar-refractivity contribution < 1.29 is 0 Å². The number of nitrogens with zero attached hydrogens (tertiary/aromatic N) is 2. The second kappa shape index (κ2) is 5.17. The van der Waals surface area contributed by atoms with Gasteiger partial charge in [0.15, 0.2) is 0 Å². The molecule has 1 aliphatic carbocycles. The third-order valence-electron chi connectivity index (χ3n) is 3.31. The molecule has 1 unspecified atom stereocenters. The monoisotopic (exact) mass is 265 g/mol. The summed E-state index contributed by atoms with van der Waals surface area (Å²) in [5.74, 6) is 1.83. The van der Waals surface area contributed by atoms with Crippen molar-refractivity contribution in [1.29, 1.82) is 0 Å². The van der Waals surface area contributed by atoms with Gasteiger partial charge in [0.1, 0.15) is 5.82 Å². The van der Waals surface area contributed by atoms with Gasteiger partial charge in [-0.05, 0) is 23.5 Å². The SMILES string of the molecule is CC(C)SCc1ncc2c(n1)CC(C)(C)CC2N. The number of nitrogens with two attached hydrogens (primary N) is 1. The fourth-order valence-corrected chi connectivity index (χ4v) is 3.08. The number of thioether (sulfide) groups is 1. The lowest BCUT2D eigenvalue weighted by molar-refractivity contribution is 0.277. The molecule has 0 amide bonds. The van der Waals surface area contributed by atoms with Crippen molar-refractivity contribution in [2.75, 3.05) is 0 Å². The average Bonchev–Trinajstić information content (AvgIpc) is 2.24. The molecule has 100 valence electrons. The van der Waals surface area contributed by atoms with Crippen LogP contribution in [0.4, 0.5) is 0 Å². The molecule has 1 heterocycles. The van der Waals surface area contributed by atoms with Gasteiger partial charge < -0.3 is 5.73 Å². The van der Waals surface area contributed by atoms with E-state index in [0.717, 1.165) is 35.7 Å². The Bertz CT molecular complexity index is 429. The zero-order chi connectivity index (χ0) is 13.3. The standard InChI is InChI=1S/C14H23N3S/c1-9(2)18-8-13-16-7-10-11(15)5-14(3,4)6-12(10)17-13/h7,9,11H,5-6,8,15H2,1-4H3. The number of fused-ring (bicyclic) bond motifs is 1. The molecule has 1 aliphatic rings. The van der Waals surface area contributed by atoms with Gasteiger partial charge in [-0.2, -0.15) is 11.8 Å². The van der Waals surface area contributed by atoms with Gasteiger partial charge >= 0.3 is 0 Å². The van der Waals surface area contributed by atoms with Gasteiger partial charge in [0, 0.05) is 23.5 Å². The largest absolute Gasteiger partial charge is 0.324 e. The van der Waals surface area contributed by atoms with Gasteiger partial charge in [0.2, 0.25) is 0 Å². The molecule has 4 heteroatoms. The molecule has 0 aliphatic heterocycles. The number of rotatable bonds is 3. The number of aromatic nitrogens is 2. The van der Waals surface area contributed by atoms with Crippen LogP contribution in [-0.4, -0.2) is 15.2 Å². The van der Waals surface area contributed by atoms with Crippen LogP contribution in [0.2, 0.25) is 0 Å². The van der Waals surface area contributed by atoms with Crippen LogP contribution < -0.4 is 5.73 Å². The quantitative estimate of drug-likeness (QED) is 0.912. The first kappa shape index (κ1) is 13.8. The normalized spacial score (nSPS) is 22.0. The Hall–Kier alpha value is -0.610. The van der Waals surface area contributed by atoms with E-state index in [1.54, 1.807) is 0 Å². The molecule has 1 aromatic rings. The van der Waals surface area contributed by atoms with Crippen molar-refractivity contribution in [3.05, 3.63) is 23.3 Å². The third-order valence-corrected chi connectivity index (χ3v) is 4.41. The summed E-state index contributed by atoms with van der Waals surface area (Å²) in [6.07, 6.45) is 3.97. The minimum atomic E-state index is 0.0931. The van der Waals surface area contributed by atoms with Crippen LogP contribution >= 0.6 is 11.8 Å². The van der Waals surface area contributed by atoms with Gasteiger partial charge in [-0.3, -0.25) is 0 Å². The van der Waals surface area contributed by atoms with E-state index in [0.29, 0.717) is 5.25 Å². The molecule has 1 atom stereocenters. The molecule has 3 nitrogen and oxygen atoms in total. The molecule has 2 N–H and O–H groups in total. The minimum absolute atomic E-state index is 0.0931. The Kier molecular flexibility index (Phi) is 3.97. The molecule has 0 spiro atoms. The molecule has 0 saturated heterocycles. The van der Waals surface area contributed by atoms with Gasteiger partial charge in [-0.15, -0.1) is 0 Å². The summed E-state index contributed by atoms with van der Waals surface area (Å²) < 4.78 is 0. The van der Waals surface area contributed by atoms with Gasteiger partial charge in [0.05, 0.1) is 5.75 Å². The van der Waals surface area contributed by atoms with Gasteiger partial charge in [-0.1, -0.05) is 27.7 Å². The van der Waals surface area contributed by atoms with Crippen molar-refractivity contribution in [2.24, 2.45) is 11.1 Å². The molecule has 0 saturated carbocycles. The Labute approximate surface area is 114 Å². The van der Waals surface area contributed by atoms with E-state index in [9.17, 15) is 0 Å². The van der Waals surface area contributed by atoms with Crippen LogP contribution in [0.1, 0.15) is 57.2 Å². The second-order valence-corrected chi connectivity index (χ2v) is 7.76. The molecule has 0 aromatic carbocycles. The molecule has 1 aromatic heterocycles. The van der Waals surface area contributed by atoms with Crippen LogP contribution in [0.15, 0.2) is 6.20 Å².